The summed E-state index contributed by atoms with van der Waals surface area (Å²) in [7, 11) is 0. The van der Waals surface area contributed by atoms with Crippen LogP contribution in [0.3, 0.4) is 0 Å². The average Bonchev–Trinajstić information content (AvgIpc) is 3.26. The summed E-state index contributed by atoms with van der Waals surface area (Å²) in [6, 6.07) is 13.5. The van der Waals surface area contributed by atoms with Crippen LogP contribution < -0.4 is 0 Å². The molecular formula is C19H16N4O3. The third kappa shape index (κ3) is 3.32. The van der Waals surface area contributed by atoms with E-state index in [0.717, 1.165) is 16.6 Å². The minimum Gasteiger partial charge on any atom is -0.455 e. The summed E-state index contributed by atoms with van der Waals surface area (Å²) in [4.78, 5) is 16.6. The summed E-state index contributed by atoms with van der Waals surface area (Å²) in [5.41, 5.74) is 2.79. The van der Waals surface area contributed by atoms with Crippen LogP contribution in [0.15, 0.2) is 59.4 Å². The van der Waals surface area contributed by atoms with E-state index in [1.807, 2.05) is 30.3 Å². The lowest BCUT2D eigenvalue weighted by molar-refractivity contribution is 0.0464. The summed E-state index contributed by atoms with van der Waals surface area (Å²) in [5, 5.41) is 8.95. The van der Waals surface area contributed by atoms with Crippen molar-refractivity contribution < 1.29 is 14.1 Å². The van der Waals surface area contributed by atoms with Gasteiger partial charge in [0.15, 0.2) is 5.65 Å². The number of rotatable bonds is 5. The predicted octanol–water partition coefficient (Wildman–Crippen LogP) is 3.13. The summed E-state index contributed by atoms with van der Waals surface area (Å²) in [5.74, 6) is 0.209. The van der Waals surface area contributed by atoms with Gasteiger partial charge in [0.1, 0.15) is 18.1 Å². The van der Waals surface area contributed by atoms with Crippen molar-refractivity contribution in [3.63, 3.8) is 0 Å². The van der Waals surface area contributed by atoms with E-state index >= 15 is 0 Å². The summed E-state index contributed by atoms with van der Waals surface area (Å²) >= 11 is 0. The molecule has 26 heavy (non-hydrogen) atoms. The second-order valence-corrected chi connectivity index (χ2v) is 5.93. The Kier molecular flexibility index (Phi) is 4.18. The van der Waals surface area contributed by atoms with E-state index in [2.05, 4.69) is 15.2 Å². The van der Waals surface area contributed by atoms with Gasteiger partial charge in [0.25, 0.3) is 0 Å². The topological polar surface area (TPSA) is 83.0 Å². The number of aryl methyl sites for hydroxylation is 1. The molecule has 3 aromatic heterocycles. The Morgan fingerprint density at radius 3 is 2.81 bits per heavy atom. The van der Waals surface area contributed by atoms with Crippen molar-refractivity contribution in [1.29, 1.82) is 0 Å². The van der Waals surface area contributed by atoms with Gasteiger partial charge in [-0.1, -0.05) is 35.5 Å². The van der Waals surface area contributed by atoms with Crippen LogP contribution in [0, 0.1) is 6.92 Å². The third-order valence-electron chi connectivity index (χ3n) is 3.91. The first-order valence-electron chi connectivity index (χ1n) is 8.14. The van der Waals surface area contributed by atoms with Crippen LogP contribution in [0.1, 0.15) is 27.4 Å². The van der Waals surface area contributed by atoms with E-state index < -0.39 is 5.97 Å². The van der Waals surface area contributed by atoms with Gasteiger partial charge >= 0.3 is 5.97 Å². The SMILES string of the molecule is Cc1cc(COC(=O)c2cnc3c(cnn3Cc3ccccc3)c2)no1. The summed E-state index contributed by atoms with van der Waals surface area (Å²) < 4.78 is 12.0. The fourth-order valence-corrected chi connectivity index (χ4v) is 2.66. The largest absolute Gasteiger partial charge is 0.455 e. The molecule has 7 nitrogen and oxygen atoms in total. The summed E-state index contributed by atoms with van der Waals surface area (Å²) in [6.07, 6.45) is 3.20. The Hall–Kier alpha value is -3.48. The van der Waals surface area contributed by atoms with Crippen molar-refractivity contribution in [2.45, 2.75) is 20.1 Å². The van der Waals surface area contributed by atoms with Gasteiger partial charge in [-0.3, -0.25) is 0 Å². The van der Waals surface area contributed by atoms with Crippen molar-refractivity contribution in [1.82, 2.24) is 19.9 Å². The molecule has 0 amide bonds. The Morgan fingerprint density at radius 1 is 1.19 bits per heavy atom. The van der Waals surface area contributed by atoms with Gasteiger partial charge in [0.2, 0.25) is 0 Å². The number of fused-ring (bicyclic) bond motifs is 1. The van der Waals surface area contributed by atoms with Crippen molar-refractivity contribution in [2.24, 2.45) is 0 Å². The molecule has 4 rings (SSSR count). The number of carbonyl (C=O) groups excluding carboxylic acids is 1. The molecule has 0 aliphatic rings. The van der Waals surface area contributed by atoms with Gasteiger partial charge in [0, 0.05) is 17.6 Å². The van der Waals surface area contributed by atoms with Crippen LogP contribution in [-0.2, 0) is 17.9 Å². The molecule has 7 heteroatoms. The molecule has 0 spiro atoms. The number of ether oxygens (including phenoxy) is 1. The van der Waals surface area contributed by atoms with Gasteiger partial charge in [-0.05, 0) is 18.6 Å². The monoisotopic (exact) mass is 348 g/mol. The van der Waals surface area contributed by atoms with Crippen molar-refractivity contribution in [3.8, 4) is 0 Å². The minimum absolute atomic E-state index is 0.0570. The molecule has 0 atom stereocenters. The molecule has 0 aliphatic heterocycles. The lowest BCUT2D eigenvalue weighted by Gasteiger charge is -2.04. The molecule has 130 valence electrons. The Bertz CT molecular complexity index is 1050. The maximum absolute atomic E-state index is 12.2. The van der Waals surface area contributed by atoms with Crippen LogP contribution in [0.2, 0.25) is 0 Å². The number of carbonyl (C=O) groups is 1. The summed E-state index contributed by atoms with van der Waals surface area (Å²) in [6.45, 7) is 2.46. The van der Waals surface area contributed by atoms with E-state index in [1.54, 1.807) is 29.9 Å². The fraction of sp³-hybridized carbons (Fsp3) is 0.158. The van der Waals surface area contributed by atoms with E-state index in [9.17, 15) is 4.79 Å². The van der Waals surface area contributed by atoms with Gasteiger partial charge < -0.3 is 9.26 Å². The highest BCUT2D eigenvalue weighted by Crippen LogP contribution is 2.16. The zero-order chi connectivity index (χ0) is 17.9. The van der Waals surface area contributed by atoms with Gasteiger partial charge in [-0.2, -0.15) is 5.10 Å². The molecule has 0 N–H and O–H groups in total. The zero-order valence-corrected chi connectivity index (χ0v) is 14.1. The van der Waals surface area contributed by atoms with Crippen molar-refractivity contribution >= 4 is 17.0 Å². The lowest BCUT2D eigenvalue weighted by atomic mass is 10.2. The van der Waals surface area contributed by atoms with Gasteiger partial charge in [-0.25, -0.2) is 14.5 Å². The van der Waals surface area contributed by atoms with Gasteiger partial charge in [-0.15, -0.1) is 0 Å². The molecule has 0 fully saturated rings. The van der Waals surface area contributed by atoms with Crippen LogP contribution in [0.4, 0.5) is 0 Å². The van der Waals surface area contributed by atoms with Crippen LogP contribution in [-0.4, -0.2) is 25.9 Å². The number of hydrogen-bond acceptors (Lipinski definition) is 6. The smallest absolute Gasteiger partial charge is 0.340 e. The second-order valence-electron chi connectivity index (χ2n) is 5.93. The number of benzene rings is 1. The molecule has 0 radical (unpaired) electrons. The maximum Gasteiger partial charge on any atom is 0.340 e. The first-order chi connectivity index (χ1) is 12.7. The quantitative estimate of drug-likeness (QED) is 0.515. The van der Waals surface area contributed by atoms with Crippen molar-refractivity contribution in [2.75, 3.05) is 0 Å². The number of nitrogens with zero attached hydrogens (tertiary/aromatic N) is 4. The molecule has 0 unspecified atom stereocenters. The molecule has 0 aliphatic carbocycles. The number of hydrogen-bond donors (Lipinski definition) is 0. The standard InChI is InChI=1S/C19H16N4O3/c1-13-7-17(22-26-13)12-25-19(24)16-8-15-10-21-23(18(15)20-9-16)11-14-5-3-2-4-6-14/h2-10H,11-12H2,1H3. The normalized spacial score (nSPS) is 11.0. The van der Waals surface area contributed by atoms with Crippen LogP contribution in [0.25, 0.3) is 11.0 Å². The minimum atomic E-state index is -0.462. The average molecular weight is 348 g/mol. The molecule has 0 saturated carbocycles. The van der Waals surface area contributed by atoms with E-state index in [1.165, 1.54) is 6.20 Å². The van der Waals surface area contributed by atoms with E-state index in [4.69, 9.17) is 9.26 Å². The molecular weight excluding hydrogens is 332 g/mol. The maximum atomic E-state index is 12.2. The Balaban J connectivity index is 1.50. The highest BCUT2D eigenvalue weighted by Gasteiger charge is 2.13. The molecule has 3 heterocycles. The molecule has 0 saturated heterocycles. The predicted molar refractivity (Wildman–Crippen MR) is 93.4 cm³/mol. The van der Waals surface area contributed by atoms with Crippen molar-refractivity contribution in [3.05, 3.63) is 77.4 Å². The molecule has 1 aromatic carbocycles. The van der Waals surface area contributed by atoms with Gasteiger partial charge in [0.05, 0.1) is 18.3 Å². The van der Waals surface area contributed by atoms with Crippen LogP contribution in [0.5, 0.6) is 0 Å². The third-order valence-corrected chi connectivity index (χ3v) is 3.91. The van der Waals surface area contributed by atoms with E-state index in [0.29, 0.717) is 23.6 Å². The Labute approximate surface area is 149 Å². The Morgan fingerprint density at radius 2 is 2.04 bits per heavy atom. The lowest BCUT2D eigenvalue weighted by Crippen LogP contribution is -2.07. The van der Waals surface area contributed by atoms with E-state index in [-0.39, 0.29) is 6.61 Å². The first kappa shape index (κ1) is 16.0. The number of esters is 1. The number of aromatic nitrogens is 4. The second kappa shape index (κ2) is 6.79. The fourth-order valence-electron chi connectivity index (χ4n) is 2.66. The van der Waals surface area contributed by atoms with Crippen LogP contribution >= 0.6 is 0 Å². The number of pyridine rings is 1. The highest BCUT2D eigenvalue weighted by atomic mass is 16.5. The first-order valence-corrected chi connectivity index (χ1v) is 8.14. The molecule has 0 bridgehead atoms. The molecule has 4 aromatic rings. The highest BCUT2D eigenvalue weighted by molar-refractivity contribution is 5.92. The zero-order valence-electron chi connectivity index (χ0n) is 14.1.